The van der Waals surface area contributed by atoms with Crippen molar-refractivity contribution in [3.8, 4) is 0 Å². The lowest BCUT2D eigenvalue weighted by Crippen LogP contribution is -2.17. The molecule has 0 aliphatic rings. The smallest absolute Gasteiger partial charge is 0.277 e. The molecule has 0 fully saturated rings. The Morgan fingerprint density at radius 1 is 1.25 bits per heavy atom. The van der Waals surface area contributed by atoms with Crippen molar-refractivity contribution in [2.24, 2.45) is 0 Å². The van der Waals surface area contributed by atoms with Crippen LogP contribution in [0.4, 0.5) is 5.82 Å². The lowest BCUT2D eigenvalue weighted by Gasteiger charge is -2.07. The second-order valence-corrected chi connectivity index (χ2v) is 4.74. The van der Waals surface area contributed by atoms with Crippen LogP contribution < -0.4 is 5.32 Å². The van der Waals surface area contributed by atoms with Gasteiger partial charge in [-0.25, -0.2) is 9.67 Å². The molecule has 106 valence electrons. The van der Waals surface area contributed by atoms with E-state index in [1.165, 1.54) is 6.20 Å². The maximum Gasteiger partial charge on any atom is 0.277 e. The predicted molar refractivity (Wildman–Crippen MR) is 76.6 cm³/mol. The van der Waals surface area contributed by atoms with Gasteiger partial charge in [0.05, 0.1) is 17.6 Å². The number of carbonyl (C=O) groups excluding carboxylic acids is 1. The van der Waals surface area contributed by atoms with Gasteiger partial charge in [0.2, 0.25) is 0 Å². The number of amides is 1. The van der Waals surface area contributed by atoms with Gasteiger partial charge in [0.15, 0.2) is 0 Å². The van der Waals surface area contributed by atoms with Gasteiger partial charge in [-0.3, -0.25) is 9.78 Å². The van der Waals surface area contributed by atoms with E-state index in [1.807, 2.05) is 24.6 Å². The Morgan fingerprint density at radius 3 is 2.70 bits per heavy atom. The molecule has 1 N–H and O–H groups in total. The molecule has 0 atom stereocenters. The Balaban J connectivity index is 2.12. The molecular formula is C14H19N5O. The summed E-state index contributed by atoms with van der Waals surface area (Å²) in [4.78, 5) is 20.2. The fourth-order valence-corrected chi connectivity index (χ4v) is 1.81. The molecule has 0 spiro atoms. The van der Waals surface area contributed by atoms with Gasteiger partial charge in [-0.1, -0.05) is 13.3 Å². The minimum atomic E-state index is -0.268. The van der Waals surface area contributed by atoms with E-state index in [-0.39, 0.29) is 5.91 Å². The van der Waals surface area contributed by atoms with Gasteiger partial charge in [-0.05, 0) is 20.3 Å². The summed E-state index contributed by atoms with van der Waals surface area (Å²) in [5.74, 6) is 0.429. The van der Waals surface area contributed by atoms with Crippen molar-refractivity contribution in [1.82, 2.24) is 19.7 Å². The van der Waals surface area contributed by atoms with Crippen LogP contribution in [0.25, 0.3) is 0 Å². The Bertz CT molecular complexity index is 588. The second kappa shape index (κ2) is 6.27. The topological polar surface area (TPSA) is 72.7 Å². The van der Waals surface area contributed by atoms with Gasteiger partial charge < -0.3 is 5.32 Å². The number of nitrogens with zero attached hydrogens (tertiary/aromatic N) is 4. The zero-order valence-corrected chi connectivity index (χ0v) is 12.1. The highest BCUT2D eigenvalue weighted by Crippen LogP contribution is 2.12. The van der Waals surface area contributed by atoms with Gasteiger partial charge in [0, 0.05) is 18.8 Å². The van der Waals surface area contributed by atoms with Crippen molar-refractivity contribution in [2.75, 3.05) is 5.32 Å². The summed E-state index contributed by atoms with van der Waals surface area (Å²) in [6.07, 6.45) is 5.16. The van der Waals surface area contributed by atoms with E-state index in [2.05, 4.69) is 27.3 Å². The summed E-state index contributed by atoms with van der Waals surface area (Å²) in [7, 11) is 0. The maximum absolute atomic E-state index is 12.1. The van der Waals surface area contributed by atoms with Crippen LogP contribution in [-0.2, 0) is 6.54 Å². The van der Waals surface area contributed by atoms with E-state index in [1.54, 1.807) is 6.20 Å². The van der Waals surface area contributed by atoms with E-state index in [9.17, 15) is 4.79 Å². The number of unbranched alkanes of at least 4 members (excludes halogenated alkanes) is 1. The molecule has 6 nitrogen and oxygen atoms in total. The highest BCUT2D eigenvalue weighted by Gasteiger charge is 2.12. The summed E-state index contributed by atoms with van der Waals surface area (Å²) in [6.45, 7) is 6.65. The molecule has 0 bridgehead atoms. The van der Waals surface area contributed by atoms with Crippen LogP contribution >= 0.6 is 0 Å². The summed E-state index contributed by atoms with van der Waals surface area (Å²) >= 11 is 0. The summed E-state index contributed by atoms with van der Waals surface area (Å²) < 4.78 is 1.82. The fraction of sp³-hybridized carbons (Fsp3) is 0.429. The molecule has 2 rings (SSSR count). The molecule has 6 heteroatoms. The first-order valence-corrected chi connectivity index (χ1v) is 6.74. The predicted octanol–water partition coefficient (Wildman–Crippen LogP) is 2.34. The fourth-order valence-electron chi connectivity index (χ4n) is 1.81. The largest absolute Gasteiger partial charge is 0.305 e. The maximum atomic E-state index is 12.1. The summed E-state index contributed by atoms with van der Waals surface area (Å²) in [6, 6.07) is 1.86. The molecule has 0 saturated carbocycles. The summed E-state index contributed by atoms with van der Waals surface area (Å²) in [5.41, 5.74) is 1.97. The lowest BCUT2D eigenvalue weighted by molar-refractivity contribution is 0.102. The molecular weight excluding hydrogens is 254 g/mol. The van der Waals surface area contributed by atoms with E-state index in [0.717, 1.165) is 30.8 Å². The Labute approximate surface area is 118 Å². The van der Waals surface area contributed by atoms with Crippen LogP contribution in [0.3, 0.4) is 0 Å². The minimum Gasteiger partial charge on any atom is -0.305 e. The van der Waals surface area contributed by atoms with Crippen molar-refractivity contribution in [3.63, 3.8) is 0 Å². The number of nitrogens with one attached hydrogen (secondary N) is 1. The third-order valence-electron chi connectivity index (χ3n) is 2.88. The molecule has 0 radical (unpaired) electrons. The van der Waals surface area contributed by atoms with Crippen LogP contribution in [0, 0.1) is 13.8 Å². The number of aryl methyl sites for hydroxylation is 3. The number of rotatable bonds is 5. The van der Waals surface area contributed by atoms with Gasteiger partial charge in [0.25, 0.3) is 5.91 Å². The first-order valence-electron chi connectivity index (χ1n) is 6.74. The standard InChI is InChI=1S/C14H19N5O/c1-4-5-6-19-13(7-10(2)18-19)17-14(20)12-9-15-11(3)8-16-12/h7-9H,4-6H2,1-3H3,(H,17,20). The Hall–Kier alpha value is -2.24. The van der Waals surface area contributed by atoms with E-state index >= 15 is 0 Å². The molecule has 2 heterocycles. The van der Waals surface area contributed by atoms with Crippen molar-refractivity contribution >= 4 is 11.7 Å². The molecule has 2 aromatic rings. The van der Waals surface area contributed by atoms with E-state index in [4.69, 9.17) is 0 Å². The Kier molecular flexibility index (Phi) is 4.45. The highest BCUT2D eigenvalue weighted by molar-refractivity contribution is 6.02. The highest BCUT2D eigenvalue weighted by atomic mass is 16.2. The molecule has 0 unspecified atom stereocenters. The van der Waals surface area contributed by atoms with Crippen LogP contribution in [0.5, 0.6) is 0 Å². The molecule has 0 aliphatic carbocycles. The lowest BCUT2D eigenvalue weighted by atomic mass is 10.3. The van der Waals surface area contributed by atoms with E-state index < -0.39 is 0 Å². The molecule has 2 aromatic heterocycles. The summed E-state index contributed by atoms with van der Waals surface area (Å²) in [5, 5.41) is 7.21. The second-order valence-electron chi connectivity index (χ2n) is 4.74. The third-order valence-corrected chi connectivity index (χ3v) is 2.88. The van der Waals surface area contributed by atoms with Crippen LogP contribution in [-0.4, -0.2) is 25.7 Å². The normalized spacial score (nSPS) is 10.6. The number of aromatic nitrogens is 4. The number of anilines is 1. The zero-order valence-electron chi connectivity index (χ0n) is 12.1. The molecule has 0 aromatic carbocycles. The average Bonchev–Trinajstić information content (AvgIpc) is 2.77. The van der Waals surface area contributed by atoms with Gasteiger partial charge in [-0.15, -0.1) is 0 Å². The molecule has 0 aliphatic heterocycles. The quantitative estimate of drug-likeness (QED) is 0.907. The molecule has 0 saturated heterocycles. The van der Waals surface area contributed by atoms with Crippen molar-refractivity contribution in [1.29, 1.82) is 0 Å². The number of hydrogen-bond acceptors (Lipinski definition) is 4. The Morgan fingerprint density at radius 2 is 2.05 bits per heavy atom. The first-order chi connectivity index (χ1) is 9.60. The molecule has 20 heavy (non-hydrogen) atoms. The van der Waals surface area contributed by atoms with Crippen LogP contribution in [0.1, 0.15) is 41.6 Å². The van der Waals surface area contributed by atoms with Gasteiger partial charge in [0.1, 0.15) is 11.5 Å². The molecule has 1 amide bonds. The van der Waals surface area contributed by atoms with Crippen LogP contribution in [0.2, 0.25) is 0 Å². The minimum absolute atomic E-state index is 0.268. The van der Waals surface area contributed by atoms with E-state index in [0.29, 0.717) is 11.5 Å². The third kappa shape index (κ3) is 3.40. The van der Waals surface area contributed by atoms with Gasteiger partial charge >= 0.3 is 0 Å². The van der Waals surface area contributed by atoms with Gasteiger partial charge in [-0.2, -0.15) is 5.10 Å². The van der Waals surface area contributed by atoms with Crippen molar-refractivity contribution in [3.05, 3.63) is 35.5 Å². The average molecular weight is 273 g/mol. The number of carbonyl (C=O) groups is 1. The first kappa shape index (κ1) is 14.2. The monoisotopic (exact) mass is 273 g/mol. The van der Waals surface area contributed by atoms with Crippen molar-refractivity contribution in [2.45, 2.75) is 40.2 Å². The SMILES string of the molecule is CCCCn1nc(C)cc1NC(=O)c1cnc(C)cn1. The zero-order chi connectivity index (χ0) is 14.5. The van der Waals surface area contributed by atoms with Crippen molar-refractivity contribution < 1.29 is 4.79 Å². The van der Waals surface area contributed by atoms with Crippen LogP contribution in [0.15, 0.2) is 18.5 Å². The number of hydrogen-bond donors (Lipinski definition) is 1.